The van der Waals surface area contributed by atoms with Gasteiger partial charge in [0.15, 0.2) is 5.82 Å². The highest BCUT2D eigenvalue weighted by Gasteiger charge is 2.32. The van der Waals surface area contributed by atoms with Gasteiger partial charge in [-0.3, -0.25) is 9.69 Å². The van der Waals surface area contributed by atoms with Crippen molar-refractivity contribution >= 4 is 10.9 Å². The lowest BCUT2D eigenvalue weighted by molar-refractivity contribution is 0.121. The minimum atomic E-state index is -0.0428. The molecule has 0 amide bonds. The summed E-state index contributed by atoms with van der Waals surface area (Å²) in [6.07, 6.45) is 5.95. The van der Waals surface area contributed by atoms with E-state index in [0.29, 0.717) is 19.1 Å². The van der Waals surface area contributed by atoms with Crippen LogP contribution in [0.5, 0.6) is 0 Å². The van der Waals surface area contributed by atoms with Gasteiger partial charge < -0.3 is 4.98 Å². The molecule has 0 saturated heterocycles. The number of nitrogens with zero attached hydrogens (tertiary/aromatic N) is 5. The SMILES string of the molecule is Cc1ccc2[nH]c(=O)c(CN(Cc3ccccc3)C(c3nnnn3C3CCCCC3)C(C)C)cc2c1. The Hall–Kier alpha value is -3.32. The van der Waals surface area contributed by atoms with Crippen LogP contribution in [0, 0.1) is 12.8 Å². The van der Waals surface area contributed by atoms with Crippen LogP contribution in [0.3, 0.4) is 0 Å². The van der Waals surface area contributed by atoms with Crippen molar-refractivity contribution in [2.24, 2.45) is 5.92 Å². The van der Waals surface area contributed by atoms with E-state index in [2.05, 4.69) is 81.2 Å². The maximum absolute atomic E-state index is 13.2. The Morgan fingerprint density at radius 1 is 1.03 bits per heavy atom. The fourth-order valence-electron chi connectivity index (χ4n) is 5.64. The molecule has 2 aromatic heterocycles. The van der Waals surface area contributed by atoms with E-state index in [1.807, 2.05) is 24.3 Å². The second-order valence-electron chi connectivity index (χ2n) is 10.6. The van der Waals surface area contributed by atoms with Gasteiger partial charge in [0, 0.05) is 24.2 Å². The van der Waals surface area contributed by atoms with Gasteiger partial charge in [0.25, 0.3) is 5.56 Å². The zero-order chi connectivity index (χ0) is 25.1. The summed E-state index contributed by atoms with van der Waals surface area (Å²) in [5, 5.41) is 14.2. The molecular formula is C29H36N6O. The van der Waals surface area contributed by atoms with Crippen LogP contribution in [-0.2, 0) is 13.1 Å². The Kier molecular flexibility index (Phi) is 7.28. The van der Waals surface area contributed by atoms with Crippen LogP contribution in [0.1, 0.15) is 80.6 Å². The van der Waals surface area contributed by atoms with Crippen LogP contribution in [0.2, 0.25) is 0 Å². The average molecular weight is 485 g/mol. The van der Waals surface area contributed by atoms with Crippen LogP contribution in [0.4, 0.5) is 0 Å². The van der Waals surface area contributed by atoms with E-state index in [-0.39, 0.29) is 17.5 Å². The maximum atomic E-state index is 13.2. The lowest BCUT2D eigenvalue weighted by atomic mass is 9.94. The van der Waals surface area contributed by atoms with Crippen molar-refractivity contribution in [3.8, 4) is 0 Å². The number of H-pyrrole nitrogens is 1. The Morgan fingerprint density at radius 2 is 1.81 bits per heavy atom. The molecule has 0 bridgehead atoms. The van der Waals surface area contributed by atoms with E-state index >= 15 is 0 Å². The highest BCUT2D eigenvalue weighted by molar-refractivity contribution is 5.79. The highest BCUT2D eigenvalue weighted by Crippen LogP contribution is 2.34. The number of tetrazole rings is 1. The van der Waals surface area contributed by atoms with Crippen molar-refractivity contribution in [1.82, 2.24) is 30.1 Å². The first-order chi connectivity index (χ1) is 17.5. The second kappa shape index (κ2) is 10.7. The number of aromatic amines is 1. The van der Waals surface area contributed by atoms with Crippen LogP contribution in [0.15, 0.2) is 59.4 Å². The van der Waals surface area contributed by atoms with Crippen molar-refractivity contribution in [2.75, 3.05) is 0 Å². The van der Waals surface area contributed by atoms with Crippen LogP contribution >= 0.6 is 0 Å². The molecule has 1 unspecified atom stereocenters. The van der Waals surface area contributed by atoms with Gasteiger partial charge in [-0.15, -0.1) is 5.10 Å². The number of benzene rings is 2. The van der Waals surface area contributed by atoms with E-state index in [0.717, 1.165) is 35.1 Å². The van der Waals surface area contributed by atoms with Gasteiger partial charge in [-0.1, -0.05) is 75.1 Å². The molecule has 5 rings (SSSR count). The summed E-state index contributed by atoms with van der Waals surface area (Å²) in [5.41, 5.74) is 3.96. The number of hydrogen-bond acceptors (Lipinski definition) is 5. The Labute approximate surface area is 212 Å². The smallest absolute Gasteiger partial charge is 0.252 e. The predicted molar refractivity (Wildman–Crippen MR) is 143 cm³/mol. The van der Waals surface area contributed by atoms with E-state index < -0.39 is 0 Å². The molecule has 0 aliphatic heterocycles. The first kappa shape index (κ1) is 24.4. The molecule has 2 heterocycles. The number of fused-ring (bicyclic) bond motifs is 1. The van der Waals surface area contributed by atoms with Crippen LogP contribution < -0.4 is 5.56 Å². The van der Waals surface area contributed by atoms with Crippen molar-refractivity contribution < 1.29 is 0 Å². The van der Waals surface area contributed by atoms with E-state index in [4.69, 9.17) is 0 Å². The third kappa shape index (κ3) is 5.26. The number of pyridine rings is 1. The van der Waals surface area contributed by atoms with Gasteiger partial charge in [-0.25, -0.2) is 4.68 Å². The van der Waals surface area contributed by atoms with Crippen molar-refractivity contribution in [1.29, 1.82) is 0 Å². The summed E-state index contributed by atoms with van der Waals surface area (Å²) in [5.74, 6) is 1.16. The molecule has 2 aromatic carbocycles. The largest absolute Gasteiger partial charge is 0.322 e. The molecule has 7 nitrogen and oxygen atoms in total. The minimum absolute atomic E-state index is 0.0326. The molecule has 1 saturated carbocycles. The Bertz CT molecular complexity index is 1350. The topological polar surface area (TPSA) is 79.7 Å². The van der Waals surface area contributed by atoms with E-state index in [1.54, 1.807) is 0 Å². The summed E-state index contributed by atoms with van der Waals surface area (Å²) in [6, 6.07) is 18.9. The summed E-state index contributed by atoms with van der Waals surface area (Å²) >= 11 is 0. The fraction of sp³-hybridized carbons (Fsp3) is 0.448. The molecule has 0 spiro atoms. The van der Waals surface area contributed by atoms with Gasteiger partial charge in [0.05, 0.1) is 12.1 Å². The van der Waals surface area contributed by atoms with Crippen molar-refractivity contribution in [3.63, 3.8) is 0 Å². The van der Waals surface area contributed by atoms with Gasteiger partial charge >= 0.3 is 0 Å². The molecule has 1 atom stereocenters. The van der Waals surface area contributed by atoms with Crippen molar-refractivity contribution in [3.05, 3.63) is 87.5 Å². The zero-order valence-electron chi connectivity index (χ0n) is 21.5. The predicted octanol–water partition coefficient (Wildman–Crippen LogP) is 5.73. The number of aryl methyl sites for hydroxylation is 1. The summed E-state index contributed by atoms with van der Waals surface area (Å²) in [4.78, 5) is 18.6. The molecule has 1 fully saturated rings. The van der Waals surface area contributed by atoms with Gasteiger partial charge in [-0.05, 0) is 65.3 Å². The molecule has 1 aliphatic carbocycles. The molecule has 4 aromatic rings. The van der Waals surface area contributed by atoms with Gasteiger partial charge in [-0.2, -0.15) is 0 Å². The molecule has 0 radical (unpaired) electrons. The number of aromatic nitrogens is 5. The standard InChI is InChI=1S/C29H36N6O/c1-20(2)27(28-31-32-33-35(28)25-12-8-5-9-13-25)34(18-22-10-6-4-7-11-22)19-24-17-23-16-21(3)14-15-26(23)30-29(24)36/h4,6-7,10-11,14-17,20,25,27H,5,8-9,12-13,18-19H2,1-3H3,(H,30,36). The number of nitrogens with one attached hydrogen (secondary N) is 1. The van der Waals surface area contributed by atoms with Crippen LogP contribution in [-0.4, -0.2) is 30.1 Å². The third-order valence-corrected chi connectivity index (χ3v) is 7.41. The van der Waals surface area contributed by atoms with Crippen molar-refractivity contribution in [2.45, 2.75) is 78.0 Å². The van der Waals surface area contributed by atoms with E-state index in [1.165, 1.54) is 30.4 Å². The first-order valence-electron chi connectivity index (χ1n) is 13.2. The van der Waals surface area contributed by atoms with Crippen LogP contribution in [0.25, 0.3) is 10.9 Å². The highest BCUT2D eigenvalue weighted by atomic mass is 16.1. The fourth-order valence-corrected chi connectivity index (χ4v) is 5.64. The molecule has 36 heavy (non-hydrogen) atoms. The Balaban J connectivity index is 1.55. The molecule has 188 valence electrons. The molecule has 1 N–H and O–H groups in total. The van der Waals surface area contributed by atoms with Gasteiger partial charge in [0.1, 0.15) is 0 Å². The zero-order valence-corrected chi connectivity index (χ0v) is 21.5. The molecule has 1 aliphatic rings. The number of hydrogen-bond donors (Lipinski definition) is 1. The molecule has 7 heteroatoms. The summed E-state index contributed by atoms with van der Waals surface area (Å²) in [7, 11) is 0. The quantitative estimate of drug-likeness (QED) is 0.346. The Morgan fingerprint density at radius 3 is 2.56 bits per heavy atom. The lowest BCUT2D eigenvalue weighted by Crippen LogP contribution is -2.36. The monoisotopic (exact) mass is 484 g/mol. The normalized spacial score (nSPS) is 15.7. The lowest BCUT2D eigenvalue weighted by Gasteiger charge is -2.35. The number of rotatable bonds is 8. The second-order valence-corrected chi connectivity index (χ2v) is 10.6. The third-order valence-electron chi connectivity index (χ3n) is 7.41. The summed E-state index contributed by atoms with van der Waals surface area (Å²) in [6.45, 7) is 7.72. The van der Waals surface area contributed by atoms with Gasteiger partial charge in [0.2, 0.25) is 0 Å². The molecular weight excluding hydrogens is 448 g/mol. The summed E-state index contributed by atoms with van der Waals surface area (Å²) < 4.78 is 2.08. The minimum Gasteiger partial charge on any atom is -0.322 e. The maximum Gasteiger partial charge on any atom is 0.252 e. The average Bonchev–Trinajstić information content (AvgIpc) is 3.35. The first-order valence-corrected chi connectivity index (χ1v) is 13.2. The van der Waals surface area contributed by atoms with E-state index in [9.17, 15) is 4.79 Å².